The number of hydrogen-bond donors (Lipinski definition) is 3. The maximum Gasteiger partial charge on any atom is 0.223 e. The Hall–Kier alpha value is -1.30. The third-order valence-electron chi connectivity index (χ3n) is 8.74. The van der Waals surface area contributed by atoms with Gasteiger partial charge >= 0.3 is 0 Å². The molecular formula is C37H75ClN4O2. The molecule has 0 saturated carbocycles. The number of guanidine groups is 1. The fourth-order valence-corrected chi connectivity index (χ4v) is 5.91. The Morgan fingerprint density at radius 1 is 0.568 bits per heavy atom. The number of halogens is 1. The normalized spacial score (nSPS) is 11.6. The van der Waals surface area contributed by atoms with Gasteiger partial charge in [0.1, 0.15) is 5.78 Å². The predicted molar refractivity (Wildman–Crippen MR) is 195 cm³/mol. The summed E-state index contributed by atoms with van der Waals surface area (Å²) in [5.74, 6) is 0.0356. The molecule has 1 atom stereocenters. The van der Waals surface area contributed by atoms with Gasteiger partial charge in [0.15, 0.2) is 5.96 Å². The molecule has 0 aliphatic rings. The molecule has 0 aromatic rings. The van der Waals surface area contributed by atoms with Gasteiger partial charge in [-0.1, -0.05) is 162 Å². The molecule has 5 N–H and O–H groups in total. The molecule has 0 aliphatic heterocycles. The fourth-order valence-electron chi connectivity index (χ4n) is 5.91. The van der Waals surface area contributed by atoms with E-state index in [0.717, 1.165) is 25.7 Å². The van der Waals surface area contributed by atoms with Gasteiger partial charge in [-0.15, -0.1) is 12.4 Å². The molecule has 44 heavy (non-hydrogen) atoms. The number of nitrogens with two attached hydrogens (primary N) is 2. The Kier molecular flexibility index (Phi) is 36.8. The van der Waals surface area contributed by atoms with Crippen molar-refractivity contribution in [2.45, 2.75) is 200 Å². The van der Waals surface area contributed by atoms with E-state index in [1.54, 1.807) is 0 Å². The third-order valence-corrected chi connectivity index (χ3v) is 8.74. The van der Waals surface area contributed by atoms with Gasteiger partial charge in [0.05, 0.1) is 0 Å². The molecule has 0 saturated heterocycles. The lowest BCUT2D eigenvalue weighted by molar-refractivity contribution is -0.129. The lowest BCUT2D eigenvalue weighted by atomic mass is 9.93. The van der Waals surface area contributed by atoms with Gasteiger partial charge in [0.25, 0.3) is 0 Å². The number of Topliss-reactive ketones (excluding diaryl/α,β-unsaturated/α-hetero) is 1. The molecule has 0 rings (SSSR count). The van der Waals surface area contributed by atoms with Crippen LogP contribution in [0.5, 0.6) is 0 Å². The van der Waals surface area contributed by atoms with E-state index in [0.29, 0.717) is 38.8 Å². The van der Waals surface area contributed by atoms with Gasteiger partial charge in [-0.25, -0.2) is 0 Å². The Labute approximate surface area is 279 Å². The highest BCUT2D eigenvalue weighted by molar-refractivity contribution is 5.86. The maximum atomic E-state index is 12.9. The minimum atomic E-state index is -0.277. The first-order valence-electron chi connectivity index (χ1n) is 18.9. The van der Waals surface area contributed by atoms with Crippen molar-refractivity contribution in [3.63, 3.8) is 0 Å². The monoisotopic (exact) mass is 643 g/mol. The Balaban J connectivity index is 0. The van der Waals surface area contributed by atoms with E-state index in [1.807, 2.05) is 0 Å². The second kappa shape index (κ2) is 36.2. The van der Waals surface area contributed by atoms with E-state index in [1.165, 1.54) is 135 Å². The Morgan fingerprint density at radius 3 is 1.36 bits per heavy atom. The highest BCUT2D eigenvalue weighted by atomic mass is 35.5. The number of unbranched alkanes of at least 4 members (excludes halogenated alkanes) is 23. The van der Waals surface area contributed by atoms with E-state index in [-0.39, 0.29) is 36.0 Å². The number of aliphatic imine (C=N–C) groups is 1. The van der Waals surface area contributed by atoms with Gasteiger partial charge in [0.2, 0.25) is 5.91 Å². The summed E-state index contributed by atoms with van der Waals surface area (Å²) in [6.07, 6.45) is 34.8. The molecule has 0 aliphatic carbocycles. The highest BCUT2D eigenvalue weighted by Gasteiger charge is 2.21. The number of carbonyl (C=O) groups excluding carboxylic acids is 2. The van der Waals surface area contributed by atoms with Crippen LogP contribution in [0.4, 0.5) is 0 Å². The summed E-state index contributed by atoms with van der Waals surface area (Å²) in [6.45, 7) is 5.73. The van der Waals surface area contributed by atoms with Crippen molar-refractivity contribution in [1.82, 2.24) is 5.32 Å². The summed E-state index contributed by atoms with van der Waals surface area (Å²) in [5, 5.41) is 3.11. The van der Waals surface area contributed by atoms with Crippen molar-refractivity contribution >= 4 is 30.1 Å². The topological polar surface area (TPSA) is 111 Å². The van der Waals surface area contributed by atoms with Crippen LogP contribution in [0.3, 0.4) is 0 Å². The summed E-state index contributed by atoms with van der Waals surface area (Å²) in [6, 6.07) is 0. The molecule has 0 spiro atoms. The van der Waals surface area contributed by atoms with Crippen LogP contribution in [-0.2, 0) is 9.59 Å². The second-order valence-corrected chi connectivity index (χ2v) is 13.1. The summed E-state index contributed by atoms with van der Waals surface area (Å²) < 4.78 is 0. The third kappa shape index (κ3) is 33.6. The molecule has 7 heteroatoms. The Morgan fingerprint density at radius 2 is 0.955 bits per heavy atom. The van der Waals surface area contributed by atoms with E-state index >= 15 is 0 Å². The van der Waals surface area contributed by atoms with Crippen LogP contribution >= 0.6 is 12.4 Å². The zero-order chi connectivity index (χ0) is 31.6. The number of hydrogen-bond acceptors (Lipinski definition) is 3. The first-order valence-corrected chi connectivity index (χ1v) is 18.9. The average Bonchev–Trinajstić information content (AvgIpc) is 2.99. The Bertz CT molecular complexity index is 655. The standard InChI is InChI=1S/C37H74N4O2.ClH/c1-3-5-7-9-11-13-15-16-17-18-19-20-22-24-26-30-35(42)33-34(29-28-32-41-37(38)39)36(43)40-31-27-25-23-21-14-12-10-8-6-4-2;/h34H,3-33H2,1-2H3,(H,40,43)(H4,38,39,41);1H/t34-;/m1./s1. The van der Waals surface area contributed by atoms with Gasteiger partial charge < -0.3 is 16.8 Å². The van der Waals surface area contributed by atoms with Crippen LogP contribution in [0.25, 0.3) is 0 Å². The minimum absolute atomic E-state index is 0. The zero-order valence-corrected chi connectivity index (χ0v) is 30.1. The van der Waals surface area contributed by atoms with Crippen molar-refractivity contribution in [3.05, 3.63) is 0 Å². The molecular weight excluding hydrogens is 568 g/mol. The van der Waals surface area contributed by atoms with Crippen molar-refractivity contribution < 1.29 is 9.59 Å². The number of rotatable bonds is 34. The van der Waals surface area contributed by atoms with Crippen LogP contribution in [0.1, 0.15) is 200 Å². The second-order valence-electron chi connectivity index (χ2n) is 13.1. The maximum absolute atomic E-state index is 12.9. The van der Waals surface area contributed by atoms with E-state index in [4.69, 9.17) is 11.5 Å². The van der Waals surface area contributed by atoms with Crippen LogP contribution in [0.2, 0.25) is 0 Å². The molecule has 0 bridgehead atoms. The number of ketones is 1. The summed E-state index contributed by atoms with van der Waals surface area (Å²) in [7, 11) is 0. The minimum Gasteiger partial charge on any atom is -0.370 e. The largest absolute Gasteiger partial charge is 0.370 e. The van der Waals surface area contributed by atoms with Crippen molar-refractivity contribution in [1.29, 1.82) is 0 Å². The van der Waals surface area contributed by atoms with Crippen LogP contribution in [0.15, 0.2) is 4.99 Å². The van der Waals surface area contributed by atoms with E-state index < -0.39 is 0 Å². The average molecular weight is 643 g/mol. The SMILES string of the molecule is CCCCCCCCCCCCCCCCCC(=O)C[C@@H](CCCN=C(N)N)C(=O)NCCCCCCCCCCCC.Cl. The van der Waals surface area contributed by atoms with Crippen molar-refractivity contribution in [2.24, 2.45) is 22.4 Å². The zero-order valence-electron chi connectivity index (χ0n) is 29.3. The van der Waals surface area contributed by atoms with Crippen LogP contribution in [0, 0.1) is 5.92 Å². The molecule has 0 aromatic carbocycles. The fraction of sp³-hybridized carbons (Fsp3) is 0.919. The molecule has 6 nitrogen and oxygen atoms in total. The van der Waals surface area contributed by atoms with Gasteiger partial charge in [-0.2, -0.15) is 0 Å². The van der Waals surface area contributed by atoms with E-state index in [2.05, 4.69) is 24.2 Å². The molecule has 0 aromatic heterocycles. The predicted octanol–water partition coefficient (Wildman–Crippen LogP) is 10.3. The molecule has 0 radical (unpaired) electrons. The highest BCUT2D eigenvalue weighted by Crippen LogP contribution is 2.17. The molecule has 0 unspecified atom stereocenters. The number of amides is 1. The van der Waals surface area contributed by atoms with E-state index in [9.17, 15) is 9.59 Å². The van der Waals surface area contributed by atoms with Crippen LogP contribution < -0.4 is 16.8 Å². The van der Waals surface area contributed by atoms with Crippen molar-refractivity contribution in [3.8, 4) is 0 Å². The van der Waals surface area contributed by atoms with Gasteiger partial charge in [0, 0.05) is 31.8 Å². The number of nitrogens with one attached hydrogen (secondary N) is 1. The smallest absolute Gasteiger partial charge is 0.223 e. The first-order chi connectivity index (χ1) is 21.0. The number of nitrogens with zero attached hydrogens (tertiary/aromatic N) is 1. The van der Waals surface area contributed by atoms with Crippen LogP contribution in [-0.4, -0.2) is 30.7 Å². The van der Waals surface area contributed by atoms with Gasteiger partial charge in [-0.05, 0) is 25.7 Å². The summed E-state index contributed by atoms with van der Waals surface area (Å²) >= 11 is 0. The number of carbonyl (C=O) groups is 2. The first kappa shape index (κ1) is 44.8. The molecule has 262 valence electrons. The quantitative estimate of drug-likeness (QED) is 0.0368. The molecule has 1 amide bonds. The lowest BCUT2D eigenvalue weighted by Gasteiger charge is -2.16. The summed E-state index contributed by atoms with van der Waals surface area (Å²) in [5.41, 5.74) is 10.9. The molecule has 0 fully saturated rings. The summed E-state index contributed by atoms with van der Waals surface area (Å²) in [4.78, 5) is 29.7. The van der Waals surface area contributed by atoms with Crippen molar-refractivity contribution in [2.75, 3.05) is 13.1 Å². The lowest BCUT2D eigenvalue weighted by Crippen LogP contribution is -2.33. The van der Waals surface area contributed by atoms with Gasteiger partial charge in [-0.3, -0.25) is 14.6 Å². The molecule has 0 heterocycles.